The van der Waals surface area contributed by atoms with E-state index in [1.807, 2.05) is 26.0 Å². The van der Waals surface area contributed by atoms with Gasteiger partial charge in [0, 0.05) is 0 Å². The molecule has 0 fully saturated rings. The van der Waals surface area contributed by atoms with E-state index in [2.05, 4.69) is 26.0 Å². The van der Waals surface area contributed by atoms with E-state index in [1.165, 1.54) is 5.57 Å². The van der Waals surface area contributed by atoms with Crippen molar-refractivity contribution in [2.45, 2.75) is 53.1 Å². The predicted molar refractivity (Wildman–Crippen MR) is 71.3 cm³/mol. The molecule has 1 atom stereocenters. The zero-order valence-electron chi connectivity index (χ0n) is 11.0. The molecule has 0 aromatic rings. The van der Waals surface area contributed by atoms with Gasteiger partial charge >= 0.3 is 0 Å². The summed E-state index contributed by atoms with van der Waals surface area (Å²) in [5, 5.41) is 0. The molecule has 0 spiro atoms. The van der Waals surface area contributed by atoms with Crippen molar-refractivity contribution in [1.29, 1.82) is 0 Å². The maximum Gasteiger partial charge on any atom is 0.118 e. The summed E-state index contributed by atoms with van der Waals surface area (Å²) in [5.74, 6) is 0.612. The average Bonchev–Trinajstić information content (AvgIpc) is 2.24. The molecule has 0 heterocycles. The third kappa shape index (κ3) is 8.46. The van der Waals surface area contributed by atoms with Crippen molar-refractivity contribution in [3.05, 3.63) is 36.0 Å². The van der Waals surface area contributed by atoms with E-state index in [1.54, 1.807) is 6.08 Å². The molecule has 0 aliphatic heterocycles. The zero-order valence-corrected chi connectivity index (χ0v) is 11.0. The van der Waals surface area contributed by atoms with Gasteiger partial charge in [0.1, 0.15) is 6.17 Å². The van der Waals surface area contributed by atoms with Crippen molar-refractivity contribution >= 4 is 0 Å². The Morgan fingerprint density at radius 3 is 2.50 bits per heavy atom. The number of hydrogen-bond acceptors (Lipinski definition) is 0. The molecule has 0 aromatic carbocycles. The Hall–Kier alpha value is -0.850. The molecule has 0 bridgehead atoms. The lowest BCUT2D eigenvalue weighted by atomic mass is 10.0. The van der Waals surface area contributed by atoms with Crippen molar-refractivity contribution in [3.63, 3.8) is 0 Å². The van der Waals surface area contributed by atoms with Crippen LogP contribution in [0.15, 0.2) is 36.0 Å². The summed E-state index contributed by atoms with van der Waals surface area (Å²) in [7, 11) is 0. The first-order valence-corrected chi connectivity index (χ1v) is 6.22. The third-order valence-corrected chi connectivity index (χ3v) is 2.30. The van der Waals surface area contributed by atoms with Gasteiger partial charge in [-0.25, -0.2) is 4.39 Å². The minimum Gasteiger partial charge on any atom is -0.243 e. The molecule has 0 saturated heterocycles. The molecule has 1 unspecified atom stereocenters. The second-order valence-electron chi connectivity index (χ2n) is 4.47. The van der Waals surface area contributed by atoms with Crippen LogP contribution in [0.3, 0.4) is 0 Å². The van der Waals surface area contributed by atoms with Crippen LogP contribution in [-0.4, -0.2) is 6.17 Å². The Bertz CT molecular complexity index is 246. The Balaban J connectivity index is 4.41. The largest absolute Gasteiger partial charge is 0.243 e. The summed E-state index contributed by atoms with van der Waals surface area (Å²) in [6.45, 7) is 8.25. The smallest absolute Gasteiger partial charge is 0.118 e. The van der Waals surface area contributed by atoms with Gasteiger partial charge in [-0.2, -0.15) is 0 Å². The molecular formula is C15H25F. The fourth-order valence-electron chi connectivity index (χ4n) is 1.41. The first-order chi connectivity index (χ1) is 7.60. The monoisotopic (exact) mass is 224 g/mol. The lowest BCUT2D eigenvalue weighted by molar-refractivity contribution is 0.390. The first-order valence-electron chi connectivity index (χ1n) is 6.22. The van der Waals surface area contributed by atoms with Crippen LogP contribution in [0.4, 0.5) is 4.39 Å². The van der Waals surface area contributed by atoms with Crippen molar-refractivity contribution in [2.75, 3.05) is 0 Å². The van der Waals surface area contributed by atoms with Gasteiger partial charge in [-0.15, -0.1) is 0 Å². The number of alkyl halides is 1. The maximum absolute atomic E-state index is 13.1. The summed E-state index contributed by atoms with van der Waals surface area (Å²) in [5.41, 5.74) is 1.24. The van der Waals surface area contributed by atoms with Gasteiger partial charge in [-0.05, 0) is 32.1 Å². The summed E-state index contributed by atoms with van der Waals surface area (Å²) in [6.07, 6.45) is 11.6. The molecule has 0 saturated carbocycles. The third-order valence-electron chi connectivity index (χ3n) is 2.30. The standard InChI is InChI=1S/C15H25F/c1-5-7-8-9-14(12-13(3)4)10-11-15(16)6-2/h5,7,9-11,13,15H,6,8,12H2,1-4H3/b7-5-,11-10?,14-9+. The van der Waals surface area contributed by atoms with Crippen LogP contribution >= 0.6 is 0 Å². The number of rotatable bonds is 7. The molecule has 0 radical (unpaired) electrons. The van der Waals surface area contributed by atoms with Crippen LogP contribution in [0, 0.1) is 5.92 Å². The number of halogens is 1. The molecule has 0 rings (SSSR count). The van der Waals surface area contributed by atoms with Crippen molar-refractivity contribution in [1.82, 2.24) is 0 Å². The van der Waals surface area contributed by atoms with E-state index < -0.39 is 6.17 Å². The number of allylic oxidation sites excluding steroid dienone is 6. The van der Waals surface area contributed by atoms with Gasteiger partial charge in [0.15, 0.2) is 0 Å². The second kappa shape index (κ2) is 9.38. The summed E-state index contributed by atoms with van der Waals surface area (Å²) in [4.78, 5) is 0. The first kappa shape index (κ1) is 15.2. The topological polar surface area (TPSA) is 0 Å². The fraction of sp³-hybridized carbons (Fsp3) is 0.600. The van der Waals surface area contributed by atoms with Crippen molar-refractivity contribution < 1.29 is 4.39 Å². The molecule has 16 heavy (non-hydrogen) atoms. The Morgan fingerprint density at radius 1 is 1.31 bits per heavy atom. The molecule has 0 aliphatic rings. The zero-order chi connectivity index (χ0) is 12.4. The van der Waals surface area contributed by atoms with E-state index in [4.69, 9.17) is 0 Å². The van der Waals surface area contributed by atoms with E-state index in [0.717, 1.165) is 12.8 Å². The van der Waals surface area contributed by atoms with Gasteiger partial charge in [-0.3, -0.25) is 0 Å². The van der Waals surface area contributed by atoms with Crippen molar-refractivity contribution in [3.8, 4) is 0 Å². The van der Waals surface area contributed by atoms with E-state index >= 15 is 0 Å². The highest BCUT2D eigenvalue weighted by molar-refractivity contribution is 5.21. The van der Waals surface area contributed by atoms with Crippen LogP contribution in [0.1, 0.15) is 47.0 Å². The lowest BCUT2D eigenvalue weighted by Crippen LogP contribution is -1.93. The fourth-order valence-corrected chi connectivity index (χ4v) is 1.41. The SMILES string of the molecule is C/C=C\C/C=C(\C=CC(F)CC)CC(C)C. The van der Waals surface area contributed by atoms with Gasteiger partial charge in [0.2, 0.25) is 0 Å². The highest BCUT2D eigenvalue weighted by atomic mass is 19.1. The van der Waals surface area contributed by atoms with Crippen LogP contribution in [0.5, 0.6) is 0 Å². The molecule has 0 aromatic heterocycles. The van der Waals surface area contributed by atoms with Crippen LogP contribution in [-0.2, 0) is 0 Å². The predicted octanol–water partition coefficient (Wildman–Crippen LogP) is 5.23. The normalized spacial score (nSPS) is 15.5. The van der Waals surface area contributed by atoms with Gasteiger partial charge in [0.25, 0.3) is 0 Å². The Kier molecular flexibility index (Phi) is 8.88. The molecule has 0 N–H and O–H groups in total. The van der Waals surface area contributed by atoms with Crippen molar-refractivity contribution in [2.24, 2.45) is 5.92 Å². The van der Waals surface area contributed by atoms with Gasteiger partial charge < -0.3 is 0 Å². The minimum atomic E-state index is -0.808. The summed E-state index contributed by atoms with van der Waals surface area (Å²) >= 11 is 0. The molecule has 0 nitrogen and oxygen atoms in total. The van der Waals surface area contributed by atoms with Crippen LogP contribution in [0.25, 0.3) is 0 Å². The molecule has 92 valence electrons. The molecule has 0 aliphatic carbocycles. The van der Waals surface area contributed by atoms with Crippen LogP contribution in [0.2, 0.25) is 0 Å². The summed E-state index contributed by atoms with van der Waals surface area (Å²) in [6, 6.07) is 0. The van der Waals surface area contributed by atoms with E-state index in [-0.39, 0.29) is 0 Å². The average molecular weight is 224 g/mol. The van der Waals surface area contributed by atoms with E-state index in [0.29, 0.717) is 12.3 Å². The highest BCUT2D eigenvalue weighted by Gasteiger charge is 2.00. The Morgan fingerprint density at radius 2 is 2.00 bits per heavy atom. The number of hydrogen-bond donors (Lipinski definition) is 0. The van der Waals surface area contributed by atoms with Gasteiger partial charge in [-0.1, -0.05) is 56.7 Å². The second-order valence-corrected chi connectivity index (χ2v) is 4.47. The molecular weight excluding hydrogens is 199 g/mol. The maximum atomic E-state index is 13.1. The van der Waals surface area contributed by atoms with Gasteiger partial charge in [0.05, 0.1) is 0 Å². The summed E-state index contributed by atoms with van der Waals surface area (Å²) < 4.78 is 13.1. The highest BCUT2D eigenvalue weighted by Crippen LogP contribution is 2.14. The molecule has 1 heteroatoms. The quantitative estimate of drug-likeness (QED) is 0.410. The molecule has 0 amide bonds. The van der Waals surface area contributed by atoms with Crippen LogP contribution < -0.4 is 0 Å². The Labute approximate surface area is 99.9 Å². The minimum absolute atomic E-state index is 0.556. The van der Waals surface area contributed by atoms with E-state index in [9.17, 15) is 4.39 Å². The lowest BCUT2D eigenvalue weighted by Gasteiger charge is -2.06.